The average Bonchev–Trinajstić information content (AvgIpc) is 2.28. The zero-order valence-corrected chi connectivity index (χ0v) is 11.0. The zero-order chi connectivity index (χ0) is 13.9. The number of likely N-dealkylation sites (tertiary alicyclic amines) is 1. The van der Waals surface area contributed by atoms with Crippen molar-refractivity contribution >= 4 is 17.8 Å². The fraction of sp³-hybridized carbons (Fsp3) is 0.750. The lowest BCUT2D eigenvalue weighted by atomic mass is 9.80. The number of nitrogens with one attached hydrogen (secondary N) is 1. The second kappa shape index (κ2) is 5.37. The van der Waals surface area contributed by atoms with Crippen LogP contribution in [0, 0.1) is 5.41 Å². The second-order valence-electron chi connectivity index (χ2n) is 5.11. The molecule has 1 aliphatic rings. The van der Waals surface area contributed by atoms with Crippen LogP contribution in [0.4, 0.5) is 0 Å². The first-order valence-electron chi connectivity index (χ1n) is 6.05. The van der Waals surface area contributed by atoms with E-state index >= 15 is 0 Å². The predicted molar refractivity (Wildman–Crippen MR) is 64.8 cm³/mol. The number of carbonyl (C=O) groups is 3. The molecule has 18 heavy (non-hydrogen) atoms. The van der Waals surface area contributed by atoms with Crippen molar-refractivity contribution in [2.75, 3.05) is 13.1 Å². The minimum Gasteiger partial charge on any atom is -0.481 e. The van der Waals surface area contributed by atoms with Gasteiger partial charge in [-0.2, -0.15) is 0 Å². The summed E-state index contributed by atoms with van der Waals surface area (Å²) in [5, 5.41) is 11.6. The Labute approximate surface area is 106 Å². The third-order valence-electron chi connectivity index (χ3n) is 3.49. The van der Waals surface area contributed by atoms with E-state index in [1.807, 2.05) is 0 Å². The highest BCUT2D eigenvalue weighted by atomic mass is 16.4. The summed E-state index contributed by atoms with van der Waals surface area (Å²) in [6.07, 6.45) is 0.891. The van der Waals surface area contributed by atoms with Gasteiger partial charge in [-0.05, 0) is 26.7 Å². The highest BCUT2D eigenvalue weighted by Gasteiger charge is 2.38. The number of aliphatic carboxylic acids is 1. The Bertz CT molecular complexity index is 359. The number of rotatable bonds is 3. The van der Waals surface area contributed by atoms with Crippen LogP contribution in [0.2, 0.25) is 0 Å². The summed E-state index contributed by atoms with van der Waals surface area (Å²) in [6.45, 7) is 5.54. The number of carbonyl (C=O) groups excluding carboxylic acids is 2. The van der Waals surface area contributed by atoms with E-state index < -0.39 is 17.4 Å². The molecule has 1 atom stereocenters. The molecule has 1 aliphatic heterocycles. The molecule has 1 heterocycles. The maximum atomic E-state index is 12.0. The van der Waals surface area contributed by atoms with Crippen LogP contribution in [-0.4, -0.2) is 46.9 Å². The minimum atomic E-state index is -0.815. The Morgan fingerprint density at radius 3 is 2.17 bits per heavy atom. The summed E-state index contributed by atoms with van der Waals surface area (Å²) < 4.78 is 0. The number of carboxylic acids is 1. The van der Waals surface area contributed by atoms with Gasteiger partial charge < -0.3 is 15.3 Å². The van der Waals surface area contributed by atoms with Gasteiger partial charge in [0.05, 0.1) is 5.41 Å². The summed E-state index contributed by atoms with van der Waals surface area (Å²) in [5.41, 5.74) is -0.742. The van der Waals surface area contributed by atoms with Gasteiger partial charge in [0, 0.05) is 20.0 Å². The maximum absolute atomic E-state index is 12.0. The van der Waals surface area contributed by atoms with Crippen LogP contribution < -0.4 is 5.32 Å². The van der Waals surface area contributed by atoms with Crippen LogP contribution in [0.5, 0.6) is 0 Å². The number of hydrogen-bond donors (Lipinski definition) is 2. The van der Waals surface area contributed by atoms with E-state index in [0.717, 1.165) is 0 Å². The van der Waals surface area contributed by atoms with E-state index in [1.165, 1.54) is 6.92 Å². The van der Waals surface area contributed by atoms with Crippen molar-refractivity contribution < 1.29 is 19.5 Å². The number of amides is 2. The first kappa shape index (κ1) is 14.5. The zero-order valence-electron chi connectivity index (χ0n) is 11.0. The molecule has 1 fully saturated rings. The van der Waals surface area contributed by atoms with E-state index in [2.05, 4.69) is 5.32 Å². The van der Waals surface area contributed by atoms with Crippen LogP contribution in [0.15, 0.2) is 0 Å². The molecule has 6 heteroatoms. The molecule has 2 amide bonds. The van der Waals surface area contributed by atoms with Crippen LogP contribution in [-0.2, 0) is 14.4 Å². The molecule has 2 N–H and O–H groups in total. The average molecular weight is 256 g/mol. The van der Waals surface area contributed by atoms with Gasteiger partial charge in [0.1, 0.15) is 6.04 Å². The Morgan fingerprint density at radius 1 is 1.28 bits per heavy atom. The first-order chi connectivity index (χ1) is 8.26. The number of piperidine rings is 1. The summed E-state index contributed by atoms with van der Waals surface area (Å²) in [5.74, 6) is -1.22. The largest absolute Gasteiger partial charge is 0.481 e. The SMILES string of the molecule is CC(=O)NC(C)C(=O)N1CCC(C)(C(=O)O)CC1. The van der Waals surface area contributed by atoms with Gasteiger partial charge in [0.15, 0.2) is 0 Å². The standard InChI is InChI=1S/C12H20N2O4/c1-8(13-9(2)15)10(16)14-6-4-12(3,5-7-14)11(17)18/h8H,4-7H2,1-3H3,(H,13,15)(H,17,18). The number of nitrogens with zero attached hydrogens (tertiary/aromatic N) is 1. The lowest BCUT2D eigenvalue weighted by Gasteiger charge is -2.37. The van der Waals surface area contributed by atoms with Gasteiger partial charge in [0.2, 0.25) is 11.8 Å². The van der Waals surface area contributed by atoms with Crippen molar-refractivity contribution in [3.05, 3.63) is 0 Å². The minimum absolute atomic E-state index is 0.155. The normalized spacial score (nSPS) is 20.1. The van der Waals surface area contributed by atoms with E-state index in [9.17, 15) is 14.4 Å². The molecule has 0 aromatic carbocycles. The fourth-order valence-electron chi connectivity index (χ4n) is 2.07. The van der Waals surface area contributed by atoms with Gasteiger partial charge in [-0.25, -0.2) is 0 Å². The van der Waals surface area contributed by atoms with Crippen molar-refractivity contribution in [3.8, 4) is 0 Å². The Balaban J connectivity index is 2.55. The van der Waals surface area contributed by atoms with E-state index in [1.54, 1.807) is 18.7 Å². The Morgan fingerprint density at radius 2 is 1.78 bits per heavy atom. The summed E-state index contributed by atoms with van der Waals surface area (Å²) in [7, 11) is 0. The quantitative estimate of drug-likeness (QED) is 0.756. The molecule has 0 aromatic rings. The van der Waals surface area contributed by atoms with Crippen molar-refractivity contribution in [1.82, 2.24) is 10.2 Å². The Kier molecular flexibility index (Phi) is 4.32. The topological polar surface area (TPSA) is 86.7 Å². The molecular weight excluding hydrogens is 236 g/mol. The van der Waals surface area contributed by atoms with Gasteiger partial charge in [-0.3, -0.25) is 14.4 Å². The van der Waals surface area contributed by atoms with Crippen LogP contribution in [0.3, 0.4) is 0 Å². The van der Waals surface area contributed by atoms with E-state index in [-0.39, 0.29) is 11.8 Å². The smallest absolute Gasteiger partial charge is 0.309 e. The van der Waals surface area contributed by atoms with Gasteiger partial charge >= 0.3 is 5.97 Å². The lowest BCUT2D eigenvalue weighted by Crippen LogP contribution is -2.51. The number of carboxylic acid groups (broad SMARTS) is 1. The van der Waals surface area contributed by atoms with Crippen molar-refractivity contribution in [1.29, 1.82) is 0 Å². The van der Waals surface area contributed by atoms with Gasteiger partial charge in [-0.15, -0.1) is 0 Å². The summed E-state index contributed by atoms with van der Waals surface area (Å²) in [6, 6.07) is -0.559. The molecule has 0 spiro atoms. The van der Waals surface area contributed by atoms with Crippen LogP contribution in [0.1, 0.15) is 33.6 Å². The molecule has 1 rings (SSSR count). The van der Waals surface area contributed by atoms with Crippen molar-refractivity contribution in [3.63, 3.8) is 0 Å². The van der Waals surface area contributed by atoms with Gasteiger partial charge in [-0.1, -0.05) is 0 Å². The maximum Gasteiger partial charge on any atom is 0.309 e. The molecule has 1 unspecified atom stereocenters. The molecular formula is C12H20N2O4. The predicted octanol–water partition coefficient (Wildman–Crippen LogP) is 0.224. The summed E-state index contributed by atoms with van der Waals surface area (Å²) in [4.78, 5) is 35.5. The molecule has 102 valence electrons. The lowest BCUT2D eigenvalue weighted by molar-refractivity contribution is -0.153. The van der Waals surface area contributed by atoms with E-state index in [4.69, 9.17) is 5.11 Å². The molecule has 0 radical (unpaired) electrons. The van der Waals surface area contributed by atoms with Crippen molar-refractivity contribution in [2.24, 2.45) is 5.41 Å². The Hall–Kier alpha value is -1.59. The second-order valence-corrected chi connectivity index (χ2v) is 5.11. The monoisotopic (exact) mass is 256 g/mol. The molecule has 0 bridgehead atoms. The summed E-state index contributed by atoms with van der Waals surface area (Å²) >= 11 is 0. The number of hydrogen-bond acceptors (Lipinski definition) is 3. The molecule has 0 aromatic heterocycles. The fourth-order valence-corrected chi connectivity index (χ4v) is 2.07. The molecule has 0 saturated carbocycles. The van der Waals surface area contributed by atoms with Crippen molar-refractivity contribution in [2.45, 2.75) is 39.7 Å². The third kappa shape index (κ3) is 3.21. The molecule has 1 saturated heterocycles. The van der Waals surface area contributed by atoms with E-state index in [0.29, 0.717) is 25.9 Å². The highest BCUT2D eigenvalue weighted by Crippen LogP contribution is 2.31. The van der Waals surface area contributed by atoms with Crippen LogP contribution >= 0.6 is 0 Å². The molecule has 0 aliphatic carbocycles. The van der Waals surface area contributed by atoms with Crippen LogP contribution in [0.25, 0.3) is 0 Å². The third-order valence-corrected chi connectivity index (χ3v) is 3.49. The van der Waals surface area contributed by atoms with Gasteiger partial charge in [0.25, 0.3) is 0 Å². The highest BCUT2D eigenvalue weighted by molar-refractivity contribution is 5.86. The molecule has 6 nitrogen and oxygen atoms in total. The first-order valence-corrected chi connectivity index (χ1v) is 6.05.